The largest absolute Gasteiger partial charge is 0.313 e. The minimum atomic E-state index is -0.273. The lowest BCUT2D eigenvalue weighted by atomic mass is 10.1. The average Bonchev–Trinajstić information content (AvgIpc) is 2.49. The maximum Gasteiger partial charge on any atom is 0.255 e. The molecule has 0 atom stereocenters. The van der Waals surface area contributed by atoms with E-state index >= 15 is 0 Å². The summed E-state index contributed by atoms with van der Waals surface area (Å²) in [6, 6.07) is 10.1. The van der Waals surface area contributed by atoms with Crippen molar-refractivity contribution in [2.45, 2.75) is 33.9 Å². The zero-order valence-electron chi connectivity index (χ0n) is 13.4. The zero-order chi connectivity index (χ0) is 16.1. The first-order chi connectivity index (χ1) is 10.5. The summed E-state index contributed by atoms with van der Waals surface area (Å²) in [6.07, 6.45) is 0. The monoisotopic (exact) mass is 302 g/mol. The summed E-state index contributed by atoms with van der Waals surface area (Å²) in [4.78, 5) is 12.7. The van der Waals surface area contributed by atoms with Gasteiger partial charge in [0.05, 0.1) is 5.69 Å². The van der Waals surface area contributed by atoms with Crippen molar-refractivity contribution < 1.29 is 4.39 Å². The number of aromatic nitrogens is 1. The number of nitrogens with zero attached hydrogens (tertiary/aromatic N) is 1. The molecule has 2 rings (SSSR count). The van der Waals surface area contributed by atoms with Gasteiger partial charge in [-0.25, -0.2) is 4.39 Å². The van der Waals surface area contributed by atoms with Crippen LogP contribution in [-0.2, 0) is 13.1 Å². The van der Waals surface area contributed by atoms with Crippen LogP contribution in [0.2, 0.25) is 0 Å². The van der Waals surface area contributed by atoms with E-state index in [1.54, 1.807) is 16.7 Å². The van der Waals surface area contributed by atoms with Crippen LogP contribution in [0.1, 0.15) is 26.3 Å². The molecular weight excluding hydrogens is 279 g/mol. The maximum atomic E-state index is 13.1. The minimum Gasteiger partial charge on any atom is -0.313 e. The summed E-state index contributed by atoms with van der Waals surface area (Å²) in [5.41, 5.74) is 2.47. The standard InChI is InChI=1S/C18H23FN2O/c1-4-20-11-15-7-10-17(14-5-8-16(19)9-6-14)21(18(15)22)12-13(2)3/h5-10,13,20H,4,11-12H2,1-3H3. The van der Waals surface area contributed by atoms with Crippen molar-refractivity contribution in [1.82, 2.24) is 9.88 Å². The lowest BCUT2D eigenvalue weighted by molar-refractivity contribution is 0.511. The predicted molar refractivity (Wildman–Crippen MR) is 88.3 cm³/mol. The van der Waals surface area contributed by atoms with Gasteiger partial charge >= 0.3 is 0 Å². The van der Waals surface area contributed by atoms with Crippen molar-refractivity contribution in [1.29, 1.82) is 0 Å². The maximum absolute atomic E-state index is 13.1. The van der Waals surface area contributed by atoms with Crippen LogP contribution in [0.5, 0.6) is 0 Å². The number of hydrogen-bond donors (Lipinski definition) is 1. The number of nitrogens with one attached hydrogen (secondary N) is 1. The van der Waals surface area contributed by atoms with Crippen LogP contribution in [0.15, 0.2) is 41.2 Å². The Morgan fingerprint density at radius 3 is 2.41 bits per heavy atom. The van der Waals surface area contributed by atoms with Crippen molar-refractivity contribution >= 4 is 0 Å². The fourth-order valence-electron chi connectivity index (χ4n) is 2.44. The molecule has 0 bridgehead atoms. The van der Waals surface area contributed by atoms with Gasteiger partial charge in [0.1, 0.15) is 5.82 Å². The molecule has 0 amide bonds. The van der Waals surface area contributed by atoms with Crippen LogP contribution in [0, 0.1) is 11.7 Å². The molecule has 0 saturated carbocycles. The first kappa shape index (κ1) is 16.4. The predicted octanol–water partition coefficient (Wildman–Crippen LogP) is 3.42. The average molecular weight is 302 g/mol. The molecule has 0 aliphatic rings. The van der Waals surface area contributed by atoms with Crippen LogP contribution in [0.4, 0.5) is 4.39 Å². The van der Waals surface area contributed by atoms with E-state index in [0.29, 0.717) is 19.0 Å². The third-order valence-corrected chi connectivity index (χ3v) is 3.51. The van der Waals surface area contributed by atoms with Gasteiger partial charge in [0.25, 0.3) is 5.56 Å². The number of pyridine rings is 1. The highest BCUT2D eigenvalue weighted by atomic mass is 19.1. The quantitative estimate of drug-likeness (QED) is 0.887. The summed E-state index contributed by atoms with van der Waals surface area (Å²) in [5.74, 6) is 0.0801. The fourth-order valence-corrected chi connectivity index (χ4v) is 2.44. The number of rotatable bonds is 6. The van der Waals surface area contributed by atoms with Crippen LogP contribution in [0.25, 0.3) is 11.3 Å². The second-order valence-corrected chi connectivity index (χ2v) is 5.84. The normalized spacial score (nSPS) is 11.1. The topological polar surface area (TPSA) is 34.0 Å². The van der Waals surface area contributed by atoms with E-state index < -0.39 is 0 Å². The molecule has 1 N–H and O–H groups in total. The molecule has 0 radical (unpaired) electrons. The molecule has 1 aromatic carbocycles. The Kier molecular flexibility index (Phi) is 5.50. The van der Waals surface area contributed by atoms with Crippen LogP contribution >= 0.6 is 0 Å². The Balaban J connectivity index is 2.50. The van der Waals surface area contributed by atoms with E-state index in [2.05, 4.69) is 19.2 Å². The molecule has 0 saturated heterocycles. The first-order valence-corrected chi connectivity index (χ1v) is 7.72. The molecular formula is C18H23FN2O. The van der Waals surface area contributed by atoms with Gasteiger partial charge < -0.3 is 9.88 Å². The molecule has 0 aliphatic carbocycles. The summed E-state index contributed by atoms with van der Waals surface area (Å²) in [5, 5.41) is 3.19. The second kappa shape index (κ2) is 7.36. The molecule has 0 unspecified atom stereocenters. The third-order valence-electron chi connectivity index (χ3n) is 3.51. The molecule has 0 spiro atoms. The van der Waals surface area contributed by atoms with Gasteiger partial charge in [0, 0.05) is 18.7 Å². The minimum absolute atomic E-state index is 0.0245. The molecule has 1 aromatic heterocycles. The van der Waals surface area contributed by atoms with E-state index in [1.165, 1.54) is 12.1 Å². The molecule has 3 nitrogen and oxygen atoms in total. The van der Waals surface area contributed by atoms with Crippen LogP contribution in [0.3, 0.4) is 0 Å². The summed E-state index contributed by atoms with van der Waals surface area (Å²) >= 11 is 0. The van der Waals surface area contributed by atoms with Gasteiger partial charge in [0.15, 0.2) is 0 Å². The van der Waals surface area contributed by atoms with E-state index in [4.69, 9.17) is 0 Å². The SMILES string of the molecule is CCNCc1ccc(-c2ccc(F)cc2)n(CC(C)C)c1=O. The van der Waals surface area contributed by atoms with Gasteiger partial charge in [-0.05, 0) is 48.4 Å². The Hall–Kier alpha value is -1.94. The number of hydrogen-bond acceptors (Lipinski definition) is 2. The highest BCUT2D eigenvalue weighted by Crippen LogP contribution is 2.20. The second-order valence-electron chi connectivity index (χ2n) is 5.84. The van der Waals surface area contributed by atoms with Gasteiger partial charge in [-0.15, -0.1) is 0 Å². The highest BCUT2D eigenvalue weighted by Gasteiger charge is 2.11. The van der Waals surface area contributed by atoms with Gasteiger partial charge in [-0.2, -0.15) is 0 Å². The molecule has 4 heteroatoms. The van der Waals surface area contributed by atoms with Crippen molar-refractivity contribution in [3.63, 3.8) is 0 Å². The highest BCUT2D eigenvalue weighted by molar-refractivity contribution is 5.59. The lowest BCUT2D eigenvalue weighted by Crippen LogP contribution is -2.29. The van der Waals surface area contributed by atoms with E-state index in [9.17, 15) is 9.18 Å². The van der Waals surface area contributed by atoms with Crippen LogP contribution < -0.4 is 10.9 Å². The fraction of sp³-hybridized carbons (Fsp3) is 0.389. The van der Waals surface area contributed by atoms with Gasteiger partial charge in [0.2, 0.25) is 0 Å². The number of benzene rings is 1. The van der Waals surface area contributed by atoms with Crippen LogP contribution in [-0.4, -0.2) is 11.1 Å². The zero-order valence-corrected chi connectivity index (χ0v) is 13.4. The van der Waals surface area contributed by atoms with E-state index in [0.717, 1.165) is 23.4 Å². The Morgan fingerprint density at radius 2 is 1.82 bits per heavy atom. The lowest BCUT2D eigenvalue weighted by Gasteiger charge is -2.17. The smallest absolute Gasteiger partial charge is 0.255 e. The third kappa shape index (κ3) is 3.83. The van der Waals surface area contributed by atoms with E-state index in [-0.39, 0.29) is 11.4 Å². The number of halogens is 1. The van der Waals surface area contributed by atoms with Crippen molar-refractivity contribution in [2.24, 2.45) is 5.92 Å². The van der Waals surface area contributed by atoms with Gasteiger partial charge in [-0.3, -0.25) is 4.79 Å². The van der Waals surface area contributed by atoms with Gasteiger partial charge in [-0.1, -0.05) is 26.8 Å². The summed E-state index contributed by atoms with van der Waals surface area (Å²) in [7, 11) is 0. The van der Waals surface area contributed by atoms with Crippen molar-refractivity contribution in [3.05, 3.63) is 58.1 Å². The molecule has 22 heavy (non-hydrogen) atoms. The Bertz CT molecular complexity index is 674. The first-order valence-electron chi connectivity index (χ1n) is 7.72. The van der Waals surface area contributed by atoms with Crippen molar-refractivity contribution in [2.75, 3.05) is 6.54 Å². The molecule has 118 valence electrons. The summed E-state index contributed by atoms with van der Waals surface area (Å²) < 4.78 is 14.9. The molecule has 2 aromatic rings. The Morgan fingerprint density at radius 1 is 1.14 bits per heavy atom. The Labute approximate surface area is 130 Å². The molecule has 0 fully saturated rings. The van der Waals surface area contributed by atoms with Crippen molar-refractivity contribution in [3.8, 4) is 11.3 Å². The molecule has 1 heterocycles. The van der Waals surface area contributed by atoms with E-state index in [1.807, 2.05) is 19.1 Å². The summed E-state index contributed by atoms with van der Waals surface area (Å²) in [6.45, 7) is 8.21. The molecule has 0 aliphatic heterocycles.